The Kier molecular flexibility index (Phi) is 1.68. The van der Waals surface area contributed by atoms with Crippen molar-refractivity contribution in [2.45, 2.75) is 38.6 Å². The molecule has 1 heterocycles. The number of hydrogen-bond acceptors (Lipinski definition) is 1. The van der Waals surface area contributed by atoms with Gasteiger partial charge in [0.05, 0.1) is 0 Å². The van der Waals surface area contributed by atoms with Gasteiger partial charge in [-0.15, -0.1) is 0 Å². The molecule has 1 aromatic rings. The molecule has 0 bridgehead atoms. The fraction of sp³-hybridized carbons (Fsp3) is 0.667. The normalized spacial score (nSPS) is 18.3. The van der Waals surface area contributed by atoms with Crippen molar-refractivity contribution in [3.05, 3.63) is 18.0 Å². The van der Waals surface area contributed by atoms with E-state index in [9.17, 15) is 0 Å². The zero-order valence-electron chi connectivity index (χ0n) is 6.88. The lowest BCUT2D eigenvalue weighted by atomic mass is 9.83. The fourth-order valence-electron chi connectivity index (χ4n) is 1.58. The number of nitrogens with zero attached hydrogens (tertiary/aromatic N) is 2. The van der Waals surface area contributed by atoms with Crippen LogP contribution in [0.5, 0.6) is 0 Å². The minimum absolute atomic E-state index is 0.786. The van der Waals surface area contributed by atoms with Crippen LogP contribution in [0.25, 0.3) is 0 Å². The molecule has 2 rings (SSSR count). The van der Waals surface area contributed by atoms with E-state index in [0.717, 1.165) is 12.5 Å². The highest BCUT2D eigenvalue weighted by Crippen LogP contribution is 2.35. The van der Waals surface area contributed by atoms with E-state index in [4.69, 9.17) is 0 Å². The Morgan fingerprint density at radius 2 is 2.55 bits per heavy atom. The monoisotopic (exact) mass is 149 g/mol. The van der Waals surface area contributed by atoms with Crippen LogP contribution in [0, 0.1) is 6.20 Å². The van der Waals surface area contributed by atoms with Gasteiger partial charge in [-0.25, -0.2) is 0 Å². The molecule has 1 fully saturated rings. The maximum Gasteiger partial charge on any atom is 0.113 e. The molecule has 1 aliphatic carbocycles. The van der Waals surface area contributed by atoms with E-state index >= 15 is 0 Å². The largest absolute Gasteiger partial charge is 0.269 e. The quantitative estimate of drug-likeness (QED) is 0.628. The molecule has 11 heavy (non-hydrogen) atoms. The number of rotatable bonds is 2. The summed E-state index contributed by atoms with van der Waals surface area (Å²) >= 11 is 0. The second-order valence-corrected chi connectivity index (χ2v) is 3.14. The Hall–Kier alpha value is -0.790. The summed E-state index contributed by atoms with van der Waals surface area (Å²) < 4.78 is 2.06. The third-order valence-corrected chi connectivity index (χ3v) is 2.51. The Balaban J connectivity index is 2.20. The van der Waals surface area contributed by atoms with Gasteiger partial charge in [-0.3, -0.25) is 4.68 Å². The Labute approximate surface area is 67.2 Å². The van der Waals surface area contributed by atoms with Crippen LogP contribution in [-0.2, 0) is 6.54 Å². The maximum absolute atomic E-state index is 4.13. The molecule has 1 radical (unpaired) electrons. The molecule has 0 spiro atoms. The molecule has 1 aromatic heterocycles. The summed E-state index contributed by atoms with van der Waals surface area (Å²) in [6, 6.07) is 2.04. The molecule has 1 aliphatic rings. The molecule has 0 atom stereocenters. The molecule has 2 nitrogen and oxygen atoms in total. The van der Waals surface area contributed by atoms with Crippen molar-refractivity contribution < 1.29 is 0 Å². The van der Waals surface area contributed by atoms with Crippen LogP contribution >= 0.6 is 0 Å². The van der Waals surface area contributed by atoms with E-state index in [0.29, 0.717) is 0 Å². The van der Waals surface area contributed by atoms with E-state index < -0.39 is 0 Å². The lowest BCUT2D eigenvalue weighted by Gasteiger charge is -2.25. The third kappa shape index (κ3) is 1.06. The van der Waals surface area contributed by atoms with Gasteiger partial charge in [0.25, 0.3) is 0 Å². The zero-order valence-corrected chi connectivity index (χ0v) is 6.88. The molecular formula is C9H13N2. The number of aromatic nitrogens is 2. The van der Waals surface area contributed by atoms with Gasteiger partial charge in [0.2, 0.25) is 0 Å². The van der Waals surface area contributed by atoms with E-state index in [1.165, 1.54) is 25.0 Å². The second kappa shape index (κ2) is 2.68. The van der Waals surface area contributed by atoms with Gasteiger partial charge in [-0.2, -0.15) is 5.10 Å². The molecule has 0 amide bonds. The van der Waals surface area contributed by atoms with E-state index in [-0.39, 0.29) is 0 Å². The van der Waals surface area contributed by atoms with Crippen molar-refractivity contribution in [2.75, 3.05) is 0 Å². The van der Waals surface area contributed by atoms with Gasteiger partial charge in [0.1, 0.15) is 6.20 Å². The van der Waals surface area contributed by atoms with Crippen LogP contribution < -0.4 is 0 Å². The van der Waals surface area contributed by atoms with E-state index in [2.05, 4.69) is 22.9 Å². The van der Waals surface area contributed by atoms with Gasteiger partial charge in [-0.05, 0) is 25.8 Å². The SMILES string of the molecule is CCn1n[c]cc1C1CCC1. The molecule has 0 N–H and O–H groups in total. The highest BCUT2D eigenvalue weighted by molar-refractivity contribution is 5.09. The Bertz CT molecular complexity index is 235. The van der Waals surface area contributed by atoms with Gasteiger partial charge in [0, 0.05) is 18.2 Å². The summed E-state index contributed by atoms with van der Waals surface area (Å²) in [5, 5.41) is 4.13. The van der Waals surface area contributed by atoms with Crippen LogP contribution in [0.3, 0.4) is 0 Å². The second-order valence-electron chi connectivity index (χ2n) is 3.14. The topological polar surface area (TPSA) is 17.8 Å². The number of hydrogen-bond donors (Lipinski definition) is 0. The molecule has 0 unspecified atom stereocenters. The molecule has 0 aromatic carbocycles. The highest BCUT2D eigenvalue weighted by Gasteiger charge is 2.22. The molecule has 59 valence electrons. The van der Waals surface area contributed by atoms with Crippen LogP contribution in [0.15, 0.2) is 6.07 Å². The predicted octanol–water partition coefficient (Wildman–Crippen LogP) is 1.97. The summed E-state index contributed by atoms with van der Waals surface area (Å²) in [7, 11) is 0. The van der Waals surface area contributed by atoms with Gasteiger partial charge in [-0.1, -0.05) is 6.42 Å². The van der Waals surface area contributed by atoms with Gasteiger partial charge >= 0.3 is 0 Å². The molecule has 0 aliphatic heterocycles. The van der Waals surface area contributed by atoms with Gasteiger partial charge < -0.3 is 0 Å². The van der Waals surface area contributed by atoms with E-state index in [1.54, 1.807) is 0 Å². The zero-order chi connectivity index (χ0) is 7.68. The predicted molar refractivity (Wildman–Crippen MR) is 43.3 cm³/mol. The lowest BCUT2D eigenvalue weighted by molar-refractivity contribution is 0.390. The van der Waals surface area contributed by atoms with Crippen LogP contribution in [-0.4, -0.2) is 9.78 Å². The average molecular weight is 149 g/mol. The lowest BCUT2D eigenvalue weighted by Crippen LogP contribution is -2.14. The minimum Gasteiger partial charge on any atom is -0.269 e. The van der Waals surface area contributed by atoms with Crippen LogP contribution in [0.2, 0.25) is 0 Å². The van der Waals surface area contributed by atoms with Crippen molar-refractivity contribution in [3.63, 3.8) is 0 Å². The first kappa shape index (κ1) is 6.89. The summed E-state index contributed by atoms with van der Waals surface area (Å²) in [4.78, 5) is 0. The van der Waals surface area contributed by atoms with Crippen LogP contribution in [0.1, 0.15) is 37.8 Å². The molecule has 0 saturated heterocycles. The summed E-state index contributed by atoms with van der Waals surface area (Å²) in [5.74, 6) is 0.786. The van der Waals surface area contributed by atoms with Crippen LogP contribution in [0.4, 0.5) is 0 Å². The van der Waals surface area contributed by atoms with Gasteiger partial charge in [0.15, 0.2) is 0 Å². The standard InChI is InChI=1S/C9H13N2/c1-2-11-9(6-7-10-11)8-4-3-5-8/h6,8H,2-5H2,1H3. The summed E-state index contributed by atoms with van der Waals surface area (Å²) in [6.07, 6.45) is 6.99. The minimum atomic E-state index is 0.786. The first-order chi connectivity index (χ1) is 5.42. The van der Waals surface area contributed by atoms with Crippen molar-refractivity contribution in [2.24, 2.45) is 0 Å². The summed E-state index contributed by atoms with van der Waals surface area (Å²) in [6.45, 7) is 3.11. The van der Waals surface area contributed by atoms with Crippen molar-refractivity contribution >= 4 is 0 Å². The smallest absolute Gasteiger partial charge is 0.113 e. The van der Waals surface area contributed by atoms with Crippen molar-refractivity contribution in [1.29, 1.82) is 0 Å². The molecule has 1 saturated carbocycles. The number of aryl methyl sites for hydroxylation is 1. The molecule has 2 heteroatoms. The maximum atomic E-state index is 4.13. The summed E-state index contributed by atoms with van der Waals surface area (Å²) in [5.41, 5.74) is 1.39. The van der Waals surface area contributed by atoms with E-state index in [1.807, 2.05) is 6.07 Å². The molecular weight excluding hydrogens is 136 g/mol. The Morgan fingerprint density at radius 3 is 3.09 bits per heavy atom. The first-order valence-electron chi connectivity index (χ1n) is 4.35. The first-order valence-corrected chi connectivity index (χ1v) is 4.35. The van der Waals surface area contributed by atoms with Crippen molar-refractivity contribution in [1.82, 2.24) is 9.78 Å². The third-order valence-electron chi connectivity index (χ3n) is 2.51. The van der Waals surface area contributed by atoms with Crippen molar-refractivity contribution in [3.8, 4) is 0 Å². The fourth-order valence-corrected chi connectivity index (χ4v) is 1.58. The Morgan fingerprint density at radius 1 is 1.73 bits per heavy atom. The highest BCUT2D eigenvalue weighted by atomic mass is 15.3. The average Bonchev–Trinajstić information content (AvgIpc) is 2.32.